The molecule has 2 aliphatic rings. The lowest BCUT2D eigenvalue weighted by Gasteiger charge is -2.34. The van der Waals surface area contributed by atoms with Crippen LogP contribution in [0.25, 0.3) is 0 Å². The highest BCUT2D eigenvalue weighted by Gasteiger charge is 2.30. The van der Waals surface area contributed by atoms with Crippen LogP contribution in [0.1, 0.15) is 33.0 Å². The molecule has 0 aromatic carbocycles. The summed E-state index contributed by atoms with van der Waals surface area (Å²) < 4.78 is 1.16. The van der Waals surface area contributed by atoms with E-state index in [0.29, 0.717) is 0 Å². The van der Waals surface area contributed by atoms with Gasteiger partial charge in [0.05, 0.1) is 13.7 Å². The molecule has 1 saturated heterocycles. The third kappa shape index (κ3) is 4.62. The van der Waals surface area contributed by atoms with Gasteiger partial charge in [0.1, 0.15) is 0 Å². The van der Waals surface area contributed by atoms with Crippen molar-refractivity contribution < 1.29 is 9.59 Å². The van der Waals surface area contributed by atoms with Crippen molar-refractivity contribution in [3.63, 3.8) is 0 Å². The quantitative estimate of drug-likeness (QED) is 0.716. The second-order valence-electron chi connectivity index (χ2n) is 7.16. The van der Waals surface area contributed by atoms with E-state index in [1.54, 1.807) is 11.3 Å². The smallest absolute Gasteiger partial charge is 0.264 e. The fraction of sp³-hybridized carbons (Fsp3) is 0.474. The number of hydrogen-bond acceptors (Lipinski definition) is 5. The molecule has 0 atom stereocenters. The van der Waals surface area contributed by atoms with E-state index in [9.17, 15) is 9.59 Å². The summed E-state index contributed by atoms with van der Waals surface area (Å²) in [7, 11) is 0. The monoisotopic (exact) mass is 467 g/mol. The number of thiophene rings is 2. The van der Waals surface area contributed by atoms with Gasteiger partial charge < -0.3 is 10.2 Å². The average Bonchev–Trinajstić information content (AvgIpc) is 3.33. The molecular formula is C19H22BrN3O2S2. The van der Waals surface area contributed by atoms with E-state index >= 15 is 0 Å². The fourth-order valence-corrected chi connectivity index (χ4v) is 5.80. The number of nitrogens with one attached hydrogen (secondary N) is 1. The lowest BCUT2D eigenvalue weighted by molar-refractivity contribution is -0.117. The van der Waals surface area contributed by atoms with Crippen LogP contribution in [0.4, 0.5) is 5.00 Å². The number of anilines is 1. The summed E-state index contributed by atoms with van der Waals surface area (Å²) in [4.78, 5) is 31.3. The minimum atomic E-state index is 0.0861. The summed E-state index contributed by atoms with van der Waals surface area (Å²) >= 11 is 6.67. The molecule has 0 bridgehead atoms. The van der Waals surface area contributed by atoms with Gasteiger partial charge in [-0.1, -0.05) is 0 Å². The summed E-state index contributed by atoms with van der Waals surface area (Å²) in [5.41, 5.74) is 0.946. The molecule has 2 aromatic rings. The Kier molecular flexibility index (Phi) is 5.68. The van der Waals surface area contributed by atoms with Crippen LogP contribution >= 0.6 is 38.6 Å². The number of hydrogen-bond donors (Lipinski definition) is 1. The molecule has 4 rings (SSSR count). The number of rotatable bonds is 5. The molecule has 2 aromatic heterocycles. The second kappa shape index (κ2) is 8.03. The van der Waals surface area contributed by atoms with Gasteiger partial charge in [0.15, 0.2) is 0 Å². The van der Waals surface area contributed by atoms with E-state index in [2.05, 4.69) is 38.3 Å². The number of amides is 2. The van der Waals surface area contributed by atoms with Crippen molar-refractivity contribution in [2.75, 3.05) is 31.5 Å². The minimum Gasteiger partial charge on any atom is -0.335 e. The third-order valence-corrected chi connectivity index (χ3v) is 7.72. The van der Waals surface area contributed by atoms with Gasteiger partial charge in [-0.25, -0.2) is 0 Å². The van der Waals surface area contributed by atoms with Crippen molar-refractivity contribution in [1.82, 2.24) is 9.80 Å². The van der Waals surface area contributed by atoms with Crippen LogP contribution < -0.4 is 5.32 Å². The van der Waals surface area contributed by atoms with Gasteiger partial charge in [0.2, 0.25) is 5.91 Å². The number of carbonyl (C=O) groups is 2. The maximum absolute atomic E-state index is 12.9. The summed E-state index contributed by atoms with van der Waals surface area (Å²) in [6.07, 6.45) is 1.96. The Balaban J connectivity index is 1.33. The topological polar surface area (TPSA) is 52.7 Å². The molecule has 3 heterocycles. The molecule has 1 N–H and O–H groups in total. The van der Waals surface area contributed by atoms with Crippen molar-refractivity contribution >= 4 is 55.4 Å². The number of halogens is 1. The predicted octanol–water partition coefficient (Wildman–Crippen LogP) is 4.19. The van der Waals surface area contributed by atoms with Gasteiger partial charge in [-0.3, -0.25) is 14.5 Å². The second-order valence-corrected chi connectivity index (χ2v) is 10.8. The van der Waals surface area contributed by atoms with E-state index in [4.69, 9.17) is 0 Å². The molecule has 144 valence electrons. The van der Waals surface area contributed by atoms with Crippen molar-refractivity contribution in [3.8, 4) is 0 Å². The highest BCUT2D eigenvalue weighted by atomic mass is 79.9. The molecule has 2 amide bonds. The Morgan fingerprint density at radius 1 is 1.19 bits per heavy atom. The van der Waals surface area contributed by atoms with Crippen LogP contribution in [0.2, 0.25) is 0 Å². The van der Waals surface area contributed by atoms with Crippen molar-refractivity contribution in [2.24, 2.45) is 5.92 Å². The number of nitrogens with zero attached hydrogens (tertiary/aromatic N) is 2. The van der Waals surface area contributed by atoms with Crippen molar-refractivity contribution in [1.29, 1.82) is 0 Å². The zero-order valence-corrected chi connectivity index (χ0v) is 18.4. The highest BCUT2D eigenvalue weighted by molar-refractivity contribution is 9.11. The largest absolute Gasteiger partial charge is 0.335 e. The summed E-state index contributed by atoms with van der Waals surface area (Å²) in [6, 6.07) is 6.15. The van der Waals surface area contributed by atoms with Gasteiger partial charge >= 0.3 is 0 Å². The SMILES string of the molecule is Cc1cc(NC(=O)C2CC2)sc1C(=O)N1CCN(Cc2ccc(Br)s2)CC1. The molecule has 0 radical (unpaired) electrons. The summed E-state index contributed by atoms with van der Waals surface area (Å²) in [5, 5.41) is 3.74. The highest BCUT2D eigenvalue weighted by Crippen LogP contribution is 2.33. The first kappa shape index (κ1) is 19.1. The van der Waals surface area contributed by atoms with E-state index < -0.39 is 0 Å². The Bertz CT molecular complexity index is 851. The van der Waals surface area contributed by atoms with E-state index in [1.165, 1.54) is 16.2 Å². The van der Waals surface area contributed by atoms with Gasteiger partial charge in [-0.2, -0.15) is 0 Å². The van der Waals surface area contributed by atoms with Crippen LogP contribution in [0, 0.1) is 12.8 Å². The molecule has 1 saturated carbocycles. The number of aryl methyl sites for hydroxylation is 1. The van der Waals surface area contributed by atoms with Crippen molar-refractivity contribution in [3.05, 3.63) is 37.3 Å². The van der Waals surface area contributed by atoms with Gasteiger partial charge in [-0.05, 0) is 59.5 Å². The van der Waals surface area contributed by atoms with E-state index in [1.807, 2.05) is 17.9 Å². The fourth-order valence-electron chi connectivity index (χ4n) is 3.23. The minimum absolute atomic E-state index is 0.0861. The Morgan fingerprint density at radius 3 is 2.56 bits per heavy atom. The molecule has 0 unspecified atom stereocenters. The van der Waals surface area contributed by atoms with Crippen LogP contribution in [-0.2, 0) is 11.3 Å². The molecule has 2 fully saturated rings. The molecule has 1 aliphatic heterocycles. The summed E-state index contributed by atoms with van der Waals surface area (Å²) in [5.74, 6) is 0.343. The average molecular weight is 468 g/mol. The van der Waals surface area contributed by atoms with Gasteiger partial charge in [0.25, 0.3) is 5.91 Å². The first-order chi connectivity index (χ1) is 13.0. The molecule has 1 aliphatic carbocycles. The Hall–Kier alpha value is -1.22. The van der Waals surface area contributed by atoms with E-state index in [-0.39, 0.29) is 17.7 Å². The lowest BCUT2D eigenvalue weighted by atomic mass is 10.2. The Labute approximate surface area is 175 Å². The van der Waals surface area contributed by atoms with Gasteiger partial charge in [0, 0.05) is 43.5 Å². The van der Waals surface area contributed by atoms with Crippen LogP contribution in [0.5, 0.6) is 0 Å². The summed E-state index contributed by atoms with van der Waals surface area (Å²) in [6.45, 7) is 6.14. The maximum Gasteiger partial charge on any atom is 0.264 e. The number of piperazine rings is 1. The first-order valence-corrected chi connectivity index (χ1v) is 11.6. The molecule has 0 spiro atoms. The maximum atomic E-state index is 12.9. The molecule has 8 heteroatoms. The third-order valence-electron chi connectivity index (χ3n) is 4.97. The molecule has 27 heavy (non-hydrogen) atoms. The Morgan fingerprint density at radius 2 is 1.93 bits per heavy atom. The van der Waals surface area contributed by atoms with Crippen LogP contribution in [-0.4, -0.2) is 47.8 Å². The van der Waals surface area contributed by atoms with Crippen LogP contribution in [0.3, 0.4) is 0 Å². The van der Waals surface area contributed by atoms with Gasteiger partial charge in [-0.15, -0.1) is 22.7 Å². The predicted molar refractivity (Wildman–Crippen MR) is 114 cm³/mol. The molecular weight excluding hydrogens is 446 g/mol. The lowest BCUT2D eigenvalue weighted by Crippen LogP contribution is -2.48. The number of carbonyl (C=O) groups excluding carboxylic acids is 2. The standard InChI is InChI=1S/C19H22BrN3O2S2/c1-12-10-16(21-18(24)13-2-3-13)27-17(12)19(25)23-8-6-22(7-9-23)11-14-4-5-15(20)26-14/h4-5,10,13H,2-3,6-9,11H2,1H3,(H,21,24). The van der Waals surface area contributed by atoms with E-state index in [0.717, 1.165) is 64.8 Å². The van der Waals surface area contributed by atoms with Crippen molar-refractivity contribution in [2.45, 2.75) is 26.3 Å². The zero-order valence-electron chi connectivity index (χ0n) is 15.2. The first-order valence-electron chi connectivity index (χ1n) is 9.17. The van der Waals surface area contributed by atoms with Crippen LogP contribution in [0.15, 0.2) is 22.0 Å². The molecule has 5 nitrogen and oxygen atoms in total. The normalized spacial score (nSPS) is 17.9. The zero-order chi connectivity index (χ0) is 19.0.